The Kier molecular flexibility index (Phi) is 5.57. The van der Waals surface area contributed by atoms with E-state index >= 15 is 0 Å². The van der Waals surface area contributed by atoms with Crippen LogP contribution in [0.15, 0.2) is 35.7 Å². The van der Waals surface area contributed by atoms with Crippen LogP contribution in [0.4, 0.5) is 0 Å². The number of hydrogen-bond donors (Lipinski definition) is 1. The average Bonchev–Trinajstić information content (AvgIpc) is 2.93. The highest BCUT2D eigenvalue weighted by Crippen LogP contribution is 2.22. The van der Waals surface area contributed by atoms with Gasteiger partial charge < -0.3 is 10.1 Å². The van der Waals surface area contributed by atoms with E-state index in [4.69, 9.17) is 16.3 Å². The second-order valence-corrected chi connectivity index (χ2v) is 6.14. The molecule has 1 N–H and O–H groups in total. The number of thiophene rings is 1. The smallest absolute Gasteiger partial charge is 0.307 e. The number of nitrogens with one attached hydrogen (secondary N) is 1. The van der Waals surface area contributed by atoms with Crippen molar-refractivity contribution in [1.82, 2.24) is 5.32 Å². The first kappa shape index (κ1) is 16.5. The number of rotatable bonds is 5. The molecule has 2 aromatic rings. The van der Waals surface area contributed by atoms with Gasteiger partial charge in [0, 0.05) is 5.02 Å². The molecule has 0 aliphatic carbocycles. The lowest BCUT2D eigenvalue weighted by Gasteiger charge is -2.18. The fraction of sp³-hybridized carbons (Fsp3) is 0.250. The summed E-state index contributed by atoms with van der Waals surface area (Å²) in [5.41, 5.74) is 1.72. The maximum atomic E-state index is 12.4. The molecule has 6 heteroatoms. The van der Waals surface area contributed by atoms with Crippen molar-refractivity contribution in [3.63, 3.8) is 0 Å². The predicted octanol–water partition coefficient (Wildman–Crippen LogP) is 3.74. The van der Waals surface area contributed by atoms with Crippen LogP contribution >= 0.6 is 22.9 Å². The van der Waals surface area contributed by atoms with Gasteiger partial charge in [-0.05, 0) is 41.6 Å². The molecule has 0 saturated heterocycles. The quantitative estimate of drug-likeness (QED) is 0.845. The van der Waals surface area contributed by atoms with E-state index in [2.05, 4.69) is 5.32 Å². The van der Waals surface area contributed by atoms with E-state index < -0.39 is 6.04 Å². The molecule has 0 fully saturated rings. The summed E-state index contributed by atoms with van der Waals surface area (Å²) in [6, 6.07) is 8.46. The van der Waals surface area contributed by atoms with Crippen molar-refractivity contribution in [2.75, 3.05) is 7.11 Å². The summed E-state index contributed by atoms with van der Waals surface area (Å²) >= 11 is 7.25. The minimum absolute atomic E-state index is 0.0638. The van der Waals surface area contributed by atoms with Gasteiger partial charge in [0.25, 0.3) is 5.91 Å². The minimum Gasteiger partial charge on any atom is -0.469 e. The highest BCUT2D eigenvalue weighted by molar-refractivity contribution is 7.12. The first-order valence-corrected chi connectivity index (χ1v) is 7.94. The number of aryl methyl sites for hydroxylation is 1. The van der Waals surface area contributed by atoms with Gasteiger partial charge in [0.2, 0.25) is 0 Å². The molecule has 2 rings (SSSR count). The van der Waals surface area contributed by atoms with Crippen LogP contribution in [0.2, 0.25) is 5.02 Å². The Morgan fingerprint density at radius 1 is 1.27 bits per heavy atom. The summed E-state index contributed by atoms with van der Waals surface area (Å²) in [5.74, 6) is -0.584. The van der Waals surface area contributed by atoms with Crippen molar-refractivity contribution < 1.29 is 14.3 Å². The molecule has 0 radical (unpaired) electrons. The lowest BCUT2D eigenvalue weighted by atomic mass is 10.0. The molecule has 1 atom stereocenters. The summed E-state index contributed by atoms with van der Waals surface area (Å²) in [6.45, 7) is 1.88. The summed E-state index contributed by atoms with van der Waals surface area (Å²) in [4.78, 5) is 24.6. The number of carbonyl (C=O) groups is 2. The van der Waals surface area contributed by atoms with Crippen molar-refractivity contribution in [2.45, 2.75) is 19.4 Å². The van der Waals surface area contributed by atoms with Gasteiger partial charge in [-0.15, -0.1) is 11.3 Å². The first-order valence-electron chi connectivity index (χ1n) is 6.68. The van der Waals surface area contributed by atoms with Crippen LogP contribution in [0.1, 0.15) is 33.3 Å². The number of amides is 1. The van der Waals surface area contributed by atoms with E-state index in [0.717, 1.165) is 11.1 Å². The van der Waals surface area contributed by atoms with Crippen molar-refractivity contribution in [1.29, 1.82) is 0 Å². The number of esters is 1. The third-order valence-corrected chi connectivity index (χ3v) is 4.51. The highest BCUT2D eigenvalue weighted by atomic mass is 35.5. The molecule has 1 heterocycles. The van der Waals surface area contributed by atoms with Crippen LogP contribution in [-0.2, 0) is 9.53 Å². The van der Waals surface area contributed by atoms with Gasteiger partial charge in [0.05, 0.1) is 24.4 Å². The summed E-state index contributed by atoms with van der Waals surface area (Å²) in [6.07, 6.45) is 0.0638. The maximum absolute atomic E-state index is 12.4. The minimum atomic E-state index is -0.460. The standard InChI is InChI=1S/C16H16ClNO3S/c1-10-7-8-22-15(10)16(20)18-13(9-14(19)21-2)11-3-5-12(17)6-4-11/h3-8,13H,9H2,1-2H3,(H,18,20). The third-order valence-electron chi connectivity index (χ3n) is 3.24. The van der Waals surface area contributed by atoms with E-state index in [1.54, 1.807) is 24.3 Å². The predicted molar refractivity (Wildman–Crippen MR) is 87.3 cm³/mol. The van der Waals surface area contributed by atoms with E-state index in [-0.39, 0.29) is 18.3 Å². The number of ether oxygens (including phenoxy) is 1. The molecular formula is C16H16ClNO3S. The fourth-order valence-corrected chi connectivity index (χ4v) is 2.98. The van der Waals surface area contributed by atoms with Crippen LogP contribution < -0.4 is 5.32 Å². The SMILES string of the molecule is COC(=O)CC(NC(=O)c1sccc1C)c1ccc(Cl)cc1. The van der Waals surface area contributed by atoms with Crippen LogP contribution in [0.5, 0.6) is 0 Å². The molecule has 0 saturated carbocycles. The normalized spacial score (nSPS) is 11.8. The number of methoxy groups -OCH3 is 1. The Bertz CT molecular complexity index is 666. The van der Waals surface area contributed by atoms with Gasteiger partial charge in [-0.1, -0.05) is 23.7 Å². The number of benzene rings is 1. The second kappa shape index (κ2) is 7.42. The fourth-order valence-electron chi connectivity index (χ4n) is 2.03. The molecule has 0 aliphatic rings. The summed E-state index contributed by atoms with van der Waals surface area (Å²) in [7, 11) is 1.33. The zero-order valence-electron chi connectivity index (χ0n) is 12.3. The summed E-state index contributed by atoms with van der Waals surface area (Å²) < 4.78 is 4.71. The molecule has 0 bridgehead atoms. The third kappa shape index (κ3) is 4.08. The Balaban J connectivity index is 2.21. The number of carbonyl (C=O) groups excluding carboxylic acids is 2. The van der Waals surface area contributed by atoms with Gasteiger partial charge in [-0.2, -0.15) is 0 Å². The van der Waals surface area contributed by atoms with Crippen LogP contribution in [0.3, 0.4) is 0 Å². The molecule has 22 heavy (non-hydrogen) atoms. The zero-order chi connectivity index (χ0) is 16.1. The summed E-state index contributed by atoms with van der Waals surface area (Å²) in [5, 5.41) is 5.35. The van der Waals surface area contributed by atoms with Crippen molar-refractivity contribution in [3.8, 4) is 0 Å². The molecule has 116 valence electrons. The molecular weight excluding hydrogens is 322 g/mol. The second-order valence-electron chi connectivity index (χ2n) is 4.79. The lowest BCUT2D eigenvalue weighted by molar-refractivity contribution is -0.141. The molecule has 0 spiro atoms. The van der Waals surface area contributed by atoms with E-state index in [0.29, 0.717) is 9.90 Å². The molecule has 1 aromatic heterocycles. The van der Waals surface area contributed by atoms with Crippen molar-refractivity contribution in [3.05, 3.63) is 56.7 Å². The highest BCUT2D eigenvalue weighted by Gasteiger charge is 2.21. The van der Waals surface area contributed by atoms with E-state index in [1.165, 1.54) is 18.4 Å². The van der Waals surface area contributed by atoms with Crippen LogP contribution in [0.25, 0.3) is 0 Å². The Labute approximate surface area is 138 Å². The van der Waals surface area contributed by atoms with Crippen LogP contribution in [-0.4, -0.2) is 19.0 Å². The average molecular weight is 338 g/mol. The van der Waals surface area contributed by atoms with Gasteiger partial charge in [-0.25, -0.2) is 0 Å². The van der Waals surface area contributed by atoms with E-state index in [1.807, 2.05) is 18.4 Å². The molecule has 1 aromatic carbocycles. The first-order chi connectivity index (χ1) is 10.5. The zero-order valence-corrected chi connectivity index (χ0v) is 13.8. The number of halogens is 1. The largest absolute Gasteiger partial charge is 0.469 e. The Morgan fingerprint density at radius 2 is 1.95 bits per heavy atom. The van der Waals surface area contributed by atoms with Crippen molar-refractivity contribution in [2.24, 2.45) is 0 Å². The Morgan fingerprint density at radius 3 is 2.50 bits per heavy atom. The van der Waals surface area contributed by atoms with Gasteiger partial charge >= 0.3 is 5.97 Å². The lowest BCUT2D eigenvalue weighted by Crippen LogP contribution is -2.30. The molecule has 1 amide bonds. The van der Waals surface area contributed by atoms with Gasteiger partial charge in [0.1, 0.15) is 0 Å². The topological polar surface area (TPSA) is 55.4 Å². The van der Waals surface area contributed by atoms with E-state index in [9.17, 15) is 9.59 Å². The van der Waals surface area contributed by atoms with Gasteiger partial charge in [-0.3, -0.25) is 9.59 Å². The van der Waals surface area contributed by atoms with Gasteiger partial charge in [0.15, 0.2) is 0 Å². The molecule has 4 nitrogen and oxygen atoms in total. The monoisotopic (exact) mass is 337 g/mol. The molecule has 1 unspecified atom stereocenters. The maximum Gasteiger partial charge on any atom is 0.307 e. The van der Waals surface area contributed by atoms with Crippen LogP contribution in [0, 0.1) is 6.92 Å². The molecule has 0 aliphatic heterocycles. The number of hydrogen-bond acceptors (Lipinski definition) is 4. The van der Waals surface area contributed by atoms with Crippen molar-refractivity contribution >= 4 is 34.8 Å². The Hall–Kier alpha value is -1.85.